The van der Waals surface area contributed by atoms with E-state index >= 15 is 0 Å². The third-order valence-electron chi connectivity index (χ3n) is 3.70. The first-order valence-corrected chi connectivity index (χ1v) is 7.42. The van der Waals surface area contributed by atoms with Crippen molar-refractivity contribution >= 4 is 34.2 Å². The molecule has 0 aliphatic heterocycles. The molecule has 1 aliphatic rings. The fraction of sp³-hybridized carbons (Fsp3) is 0.500. The quantitative estimate of drug-likeness (QED) is 0.784. The predicted octanol–water partition coefficient (Wildman–Crippen LogP) is 3.54. The zero-order valence-corrected chi connectivity index (χ0v) is 13.8. The second-order valence-electron chi connectivity index (χ2n) is 5.35. The molecule has 3 N–H and O–H groups in total. The van der Waals surface area contributed by atoms with Gasteiger partial charge in [0.05, 0.1) is 5.56 Å². The van der Waals surface area contributed by atoms with E-state index in [1.807, 2.05) is 0 Å². The minimum atomic E-state index is -1.04. The molecule has 7 heteroatoms. The maximum atomic E-state index is 13.2. The molecule has 3 nitrogen and oxygen atoms in total. The fourth-order valence-electron chi connectivity index (χ4n) is 2.48. The second-order valence-corrected chi connectivity index (χ2v) is 6.21. The Morgan fingerprint density at radius 2 is 1.81 bits per heavy atom. The zero-order valence-electron chi connectivity index (χ0n) is 11.4. The van der Waals surface area contributed by atoms with Crippen LogP contribution in [0.2, 0.25) is 0 Å². The summed E-state index contributed by atoms with van der Waals surface area (Å²) in [5.74, 6) is -2.49. The zero-order chi connectivity index (χ0) is 14.8. The number of nitrogens with two attached hydrogens (primary N) is 1. The Morgan fingerprint density at radius 1 is 1.24 bits per heavy atom. The second kappa shape index (κ2) is 7.51. The van der Waals surface area contributed by atoms with Gasteiger partial charge in [0.25, 0.3) is 5.91 Å². The lowest BCUT2D eigenvalue weighted by molar-refractivity contribution is 0.0936. The van der Waals surface area contributed by atoms with Crippen molar-refractivity contribution in [3.8, 4) is 0 Å². The molecule has 1 amide bonds. The molecule has 0 bridgehead atoms. The van der Waals surface area contributed by atoms with Crippen LogP contribution in [0.5, 0.6) is 0 Å². The Labute approximate surface area is 137 Å². The van der Waals surface area contributed by atoms with Gasteiger partial charge in [-0.15, -0.1) is 12.4 Å². The summed E-state index contributed by atoms with van der Waals surface area (Å²) in [5, 5.41) is 2.71. The Morgan fingerprint density at radius 3 is 2.43 bits per heavy atom. The van der Waals surface area contributed by atoms with Crippen molar-refractivity contribution in [2.45, 2.75) is 37.6 Å². The van der Waals surface area contributed by atoms with Crippen molar-refractivity contribution < 1.29 is 13.6 Å². The van der Waals surface area contributed by atoms with Gasteiger partial charge in [0.15, 0.2) is 11.6 Å². The molecule has 1 saturated carbocycles. The fourth-order valence-corrected chi connectivity index (χ4v) is 2.98. The molecule has 0 radical (unpaired) electrons. The molecule has 118 valence electrons. The maximum absolute atomic E-state index is 13.2. The van der Waals surface area contributed by atoms with Crippen LogP contribution in [-0.2, 0) is 0 Å². The van der Waals surface area contributed by atoms with Gasteiger partial charge in [0.1, 0.15) is 0 Å². The van der Waals surface area contributed by atoms with Gasteiger partial charge in [-0.05, 0) is 40.9 Å². The first kappa shape index (κ1) is 18.3. The summed E-state index contributed by atoms with van der Waals surface area (Å²) in [6, 6.07) is 1.84. The highest BCUT2D eigenvalue weighted by atomic mass is 79.9. The van der Waals surface area contributed by atoms with Gasteiger partial charge < -0.3 is 11.1 Å². The van der Waals surface area contributed by atoms with E-state index in [4.69, 9.17) is 5.73 Å². The molecule has 1 fully saturated rings. The molecule has 0 unspecified atom stereocenters. The lowest BCUT2D eigenvalue weighted by atomic mass is 9.82. The van der Waals surface area contributed by atoms with Crippen LogP contribution in [0.15, 0.2) is 16.6 Å². The number of hydrogen-bond donors (Lipinski definition) is 2. The highest BCUT2D eigenvalue weighted by Gasteiger charge is 2.28. The molecule has 2 rings (SSSR count). The summed E-state index contributed by atoms with van der Waals surface area (Å²) >= 11 is 3.06. The number of benzene rings is 1. The molecule has 1 aliphatic carbocycles. The lowest BCUT2D eigenvalue weighted by Gasteiger charge is -2.33. The van der Waals surface area contributed by atoms with E-state index in [0.717, 1.165) is 37.8 Å². The molecule has 1 aromatic carbocycles. The summed E-state index contributed by atoms with van der Waals surface area (Å²) in [6.45, 7) is 0.345. The van der Waals surface area contributed by atoms with Crippen LogP contribution >= 0.6 is 28.3 Å². The van der Waals surface area contributed by atoms with Crippen molar-refractivity contribution in [1.29, 1.82) is 0 Å². The third kappa shape index (κ3) is 4.63. The summed E-state index contributed by atoms with van der Waals surface area (Å²) < 4.78 is 26.4. The van der Waals surface area contributed by atoms with E-state index in [9.17, 15) is 13.6 Å². The van der Waals surface area contributed by atoms with Gasteiger partial charge in [0.2, 0.25) is 0 Å². The highest BCUT2D eigenvalue weighted by molar-refractivity contribution is 9.10. The van der Waals surface area contributed by atoms with E-state index in [-0.39, 0.29) is 28.0 Å². The molecule has 0 aromatic heterocycles. The van der Waals surface area contributed by atoms with Crippen LogP contribution in [0.1, 0.15) is 42.5 Å². The number of carbonyl (C=O) groups excluding carboxylic acids is 1. The minimum absolute atomic E-state index is 0. The molecule has 0 saturated heterocycles. The monoisotopic (exact) mass is 382 g/mol. The predicted molar refractivity (Wildman–Crippen MR) is 83.6 cm³/mol. The molecule has 0 heterocycles. The van der Waals surface area contributed by atoms with Crippen LogP contribution in [-0.4, -0.2) is 18.0 Å². The molecular weight excluding hydrogens is 366 g/mol. The van der Waals surface area contributed by atoms with E-state index in [1.165, 1.54) is 6.42 Å². The van der Waals surface area contributed by atoms with Crippen molar-refractivity contribution in [3.05, 3.63) is 33.8 Å². The van der Waals surface area contributed by atoms with Crippen LogP contribution in [0.25, 0.3) is 0 Å². The van der Waals surface area contributed by atoms with Crippen LogP contribution in [0.3, 0.4) is 0 Å². The Balaban J connectivity index is 0.00000220. The lowest BCUT2D eigenvalue weighted by Crippen LogP contribution is -2.51. The SMILES string of the molecule is Cl.NC1(CNC(=O)c2cc(F)c(F)cc2Br)CCCCC1. The molecule has 0 spiro atoms. The van der Waals surface area contributed by atoms with Crippen molar-refractivity contribution in [3.63, 3.8) is 0 Å². The van der Waals surface area contributed by atoms with Gasteiger partial charge in [0, 0.05) is 16.6 Å². The number of hydrogen-bond acceptors (Lipinski definition) is 2. The Bertz CT molecular complexity index is 522. The van der Waals surface area contributed by atoms with Crippen molar-refractivity contribution in [1.82, 2.24) is 5.32 Å². The van der Waals surface area contributed by atoms with E-state index in [2.05, 4.69) is 21.2 Å². The number of halogens is 4. The third-order valence-corrected chi connectivity index (χ3v) is 4.36. The highest BCUT2D eigenvalue weighted by Crippen LogP contribution is 2.25. The number of carbonyl (C=O) groups is 1. The minimum Gasteiger partial charge on any atom is -0.350 e. The maximum Gasteiger partial charge on any atom is 0.252 e. The average Bonchev–Trinajstić information content (AvgIpc) is 2.41. The molecular formula is C14H18BrClF2N2O. The molecule has 0 atom stereocenters. The summed E-state index contributed by atoms with van der Waals surface area (Å²) in [5.41, 5.74) is 5.90. The molecule has 1 aromatic rings. The Kier molecular flexibility index (Phi) is 6.56. The van der Waals surface area contributed by atoms with Gasteiger partial charge in [-0.25, -0.2) is 8.78 Å². The van der Waals surface area contributed by atoms with E-state index in [1.54, 1.807) is 0 Å². The van der Waals surface area contributed by atoms with Crippen molar-refractivity contribution in [2.24, 2.45) is 5.73 Å². The van der Waals surface area contributed by atoms with Crippen LogP contribution in [0, 0.1) is 11.6 Å². The van der Waals surface area contributed by atoms with Gasteiger partial charge in [-0.3, -0.25) is 4.79 Å². The standard InChI is InChI=1S/C14H17BrF2N2O.ClH/c15-10-7-12(17)11(16)6-9(10)13(20)19-8-14(18)4-2-1-3-5-14;/h6-7H,1-5,8,18H2,(H,19,20);1H. The largest absolute Gasteiger partial charge is 0.350 e. The molecule has 21 heavy (non-hydrogen) atoms. The Hall–Kier alpha value is -0.720. The first-order chi connectivity index (χ1) is 9.41. The average molecular weight is 384 g/mol. The topological polar surface area (TPSA) is 55.1 Å². The van der Waals surface area contributed by atoms with Gasteiger partial charge >= 0.3 is 0 Å². The normalized spacial score (nSPS) is 17.0. The number of amides is 1. The smallest absolute Gasteiger partial charge is 0.252 e. The van der Waals surface area contributed by atoms with Crippen LogP contribution < -0.4 is 11.1 Å². The van der Waals surface area contributed by atoms with Crippen LogP contribution in [0.4, 0.5) is 8.78 Å². The summed E-state index contributed by atoms with van der Waals surface area (Å²) in [7, 11) is 0. The first-order valence-electron chi connectivity index (χ1n) is 6.63. The number of rotatable bonds is 3. The summed E-state index contributed by atoms with van der Waals surface area (Å²) in [6.07, 6.45) is 5.02. The van der Waals surface area contributed by atoms with E-state index < -0.39 is 17.5 Å². The number of nitrogens with one attached hydrogen (secondary N) is 1. The van der Waals surface area contributed by atoms with Gasteiger partial charge in [-0.2, -0.15) is 0 Å². The summed E-state index contributed by atoms with van der Waals surface area (Å²) in [4.78, 5) is 12.0. The van der Waals surface area contributed by atoms with Gasteiger partial charge in [-0.1, -0.05) is 19.3 Å². The van der Waals surface area contributed by atoms with E-state index in [0.29, 0.717) is 6.54 Å². The van der Waals surface area contributed by atoms with Crippen molar-refractivity contribution in [2.75, 3.05) is 6.54 Å².